The van der Waals surface area contributed by atoms with E-state index in [0.717, 1.165) is 6.42 Å². The minimum absolute atomic E-state index is 0.274. The number of nitrogens with zero attached hydrogens (tertiary/aromatic N) is 1. The molecule has 116 valence electrons. The Bertz CT molecular complexity index is 455. The molecular weight excluding hydrogens is 286 g/mol. The first-order chi connectivity index (χ1) is 9.20. The van der Waals surface area contributed by atoms with Crippen LogP contribution in [-0.2, 0) is 19.8 Å². The number of carbonyl (C=O) groups excluding carboxylic acids is 1. The van der Waals surface area contributed by atoms with E-state index in [1.165, 1.54) is 4.31 Å². The number of rotatable bonds is 6. The lowest BCUT2D eigenvalue weighted by atomic mass is 9.94. The summed E-state index contributed by atoms with van der Waals surface area (Å²) < 4.78 is 27.6. The molecule has 8 nitrogen and oxygen atoms in total. The first-order valence-electron chi connectivity index (χ1n) is 6.44. The van der Waals surface area contributed by atoms with Crippen molar-refractivity contribution in [2.45, 2.75) is 20.3 Å². The summed E-state index contributed by atoms with van der Waals surface area (Å²) >= 11 is 0. The third-order valence-corrected chi connectivity index (χ3v) is 4.51. The standard InChI is InChI=1S/C11H21N3O5S/c1-8-3-9(2)7-14(6-8)20(18,19)13-4-10(15)12-5-11(16)17/h8-9,13H,3-7H2,1-2H3,(H,12,15)(H,16,17). The van der Waals surface area contributed by atoms with E-state index in [2.05, 4.69) is 10.0 Å². The number of carbonyl (C=O) groups is 2. The van der Waals surface area contributed by atoms with Gasteiger partial charge in [0, 0.05) is 13.1 Å². The highest BCUT2D eigenvalue weighted by molar-refractivity contribution is 7.87. The van der Waals surface area contributed by atoms with Crippen LogP contribution in [0.2, 0.25) is 0 Å². The Morgan fingerprint density at radius 2 is 1.75 bits per heavy atom. The molecule has 1 rings (SSSR count). The van der Waals surface area contributed by atoms with Crippen molar-refractivity contribution in [3.8, 4) is 0 Å². The first kappa shape index (κ1) is 16.9. The fraction of sp³-hybridized carbons (Fsp3) is 0.818. The number of hydrogen-bond donors (Lipinski definition) is 3. The number of piperidine rings is 1. The van der Waals surface area contributed by atoms with Gasteiger partial charge in [0.25, 0.3) is 10.2 Å². The van der Waals surface area contributed by atoms with Crippen molar-refractivity contribution < 1.29 is 23.1 Å². The second-order valence-electron chi connectivity index (χ2n) is 5.26. The largest absolute Gasteiger partial charge is 0.480 e. The van der Waals surface area contributed by atoms with E-state index in [4.69, 9.17) is 5.11 Å². The molecule has 2 unspecified atom stereocenters. The summed E-state index contributed by atoms with van der Waals surface area (Å²) in [5, 5.41) is 10.5. The Balaban J connectivity index is 2.48. The lowest BCUT2D eigenvalue weighted by Gasteiger charge is -2.33. The Morgan fingerprint density at radius 1 is 1.20 bits per heavy atom. The van der Waals surface area contributed by atoms with Crippen LogP contribution in [0.3, 0.4) is 0 Å². The fourth-order valence-corrected chi connectivity index (χ4v) is 3.68. The molecule has 0 saturated carbocycles. The van der Waals surface area contributed by atoms with Gasteiger partial charge < -0.3 is 10.4 Å². The van der Waals surface area contributed by atoms with Crippen LogP contribution in [0.5, 0.6) is 0 Å². The lowest BCUT2D eigenvalue weighted by molar-refractivity contribution is -0.137. The van der Waals surface area contributed by atoms with Crippen molar-refractivity contribution >= 4 is 22.1 Å². The lowest BCUT2D eigenvalue weighted by Crippen LogP contribution is -2.50. The number of hydrogen-bond acceptors (Lipinski definition) is 4. The number of amides is 1. The molecule has 0 aromatic rings. The molecule has 0 aromatic heterocycles. The van der Waals surface area contributed by atoms with Crippen LogP contribution in [0, 0.1) is 11.8 Å². The topological polar surface area (TPSA) is 116 Å². The molecule has 3 N–H and O–H groups in total. The van der Waals surface area contributed by atoms with Gasteiger partial charge in [-0.25, -0.2) is 0 Å². The molecule has 2 atom stereocenters. The molecular formula is C11H21N3O5S. The van der Waals surface area contributed by atoms with Crippen molar-refractivity contribution in [3.05, 3.63) is 0 Å². The molecule has 1 fully saturated rings. The maximum absolute atomic E-state index is 12.0. The second kappa shape index (κ2) is 7.00. The van der Waals surface area contributed by atoms with Crippen LogP contribution < -0.4 is 10.0 Å². The highest BCUT2D eigenvalue weighted by Gasteiger charge is 2.30. The van der Waals surface area contributed by atoms with Gasteiger partial charge in [-0.2, -0.15) is 17.4 Å². The molecule has 1 saturated heterocycles. The highest BCUT2D eigenvalue weighted by atomic mass is 32.2. The Kier molecular flexibility index (Phi) is 5.90. The third kappa shape index (κ3) is 5.43. The van der Waals surface area contributed by atoms with Gasteiger partial charge in [-0.15, -0.1) is 0 Å². The van der Waals surface area contributed by atoms with E-state index in [1.807, 2.05) is 13.8 Å². The van der Waals surface area contributed by atoms with Gasteiger partial charge in [0.15, 0.2) is 0 Å². The fourth-order valence-electron chi connectivity index (χ4n) is 2.29. The molecule has 1 aliphatic heterocycles. The monoisotopic (exact) mass is 307 g/mol. The number of carboxylic acid groups (broad SMARTS) is 1. The summed E-state index contributed by atoms with van der Waals surface area (Å²) in [4.78, 5) is 21.5. The van der Waals surface area contributed by atoms with Gasteiger partial charge in [0.1, 0.15) is 6.54 Å². The van der Waals surface area contributed by atoms with Gasteiger partial charge in [0.2, 0.25) is 5.91 Å². The number of carboxylic acids is 1. The molecule has 9 heteroatoms. The van der Waals surface area contributed by atoms with Crippen LogP contribution in [0.15, 0.2) is 0 Å². The van der Waals surface area contributed by atoms with E-state index < -0.39 is 35.2 Å². The summed E-state index contributed by atoms with van der Waals surface area (Å²) in [6.07, 6.45) is 0.977. The molecule has 0 aromatic carbocycles. The summed E-state index contributed by atoms with van der Waals surface area (Å²) in [5.74, 6) is -1.30. The van der Waals surface area contributed by atoms with E-state index in [-0.39, 0.29) is 11.8 Å². The van der Waals surface area contributed by atoms with E-state index in [0.29, 0.717) is 13.1 Å². The van der Waals surface area contributed by atoms with Crippen molar-refractivity contribution in [3.63, 3.8) is 0 Å². The van der Waals surface area contributed by atoms with Crippen LogP contribution >= 0.6 is 0 Å². The second-order valence-corrected chi connectivity index (χ2v) is 7.01. The quantitative estimate of drug-likeness (QED) is 0.582. The summed E-state index contributed by atoms with van der Waals surface area (Å²) in [6.45, 7) is 3.83. The Morgan fingerprint density at radius 3 is 2.25 bits per heavy atom. The van der Waals surface area contributed by atoms with Crippen molar-refractivity contribution in [2.75, 3.05) is 26.2 Å². The molecule has 0 radical (unpaired) electrons. The van der Waals surface area contributed by atoms with Gasteiger partial charge in [-0.1, -0.05) is 13.8 Å². The SMILES string of the molecule is CC1CC(C)CN(S(=O)(=O)NCC(=O)NCC(=O)O)C1. The molecule has 0 bridgehead atoms. The average molecular weight is 307 g/mol. The van der Waals surface area contributed by atoms with Gasteiger partial charge in [0.05, 0.1) is 6.54 Å². The van der Waals surface area contributed by atoms with Gasteiger partial charge in [-0.05, 0) is 18.3 Å². The maximum atomic E-state index is 12.0. The van der Waals surface area contributed by atoms with E-state index in [1.54, 1.807) is 0 Å². The third-order valence-electron chi connectivity index (χ3n) is 3.03. The highest BCUT2D eigenvalue weighted by Crippen LogP contribution is 2.22. The zero-order valence-electron chi connectivity index (χ0n) is 11.6. The minimum atomic E-state index is -3.71. The zero-order chi connectivity index (χ0) is 15.3. The van der Waals surface area contributed by atoms with Crippen molar-refractivity contribution in [1.82, 2.24) is 14.3 Å². The average Bonchev–Trinajstić information content (AvgIpc) is 2.32. The van der Waals surface area contributed by atoms with Gasteiger partial charge >= 0.3 is 5.97 Å². The predicted octanol–water partition coefficient (Wildman–Crippen LogP) is -1.00. The van der Waals surface area contributed by atoms with Crippen molar-refractivity contribution in [2.24, 2.45) is 11.8 Å². The normalized spacial score (nSPS) is 24.3. The summed E-state index contributed by atoms with van der Waals surface area (Å²) in [7, 11) is -3.71. The van der Waals surface area contributed by atoms with E-state index >= 15 is 0 Å². The van der Waals surface area contributed by atoms with Crippen LogP contribution in [0.4, 0.5) is 0 Å². The molecule has 1 aliphatic rings. The molecule has 1 amide bonds. The number of aliphatic carboxylic acids is 1. The zero-order valence-corrected chi connectivity index (χ0v) is 12.4. The molecule has 0 aliphatic carbocycles. The van der Waals surface area contributed by atoms with Gasteiger partial charge in [-0.3, -0.25) is 9.59 Å². The maximum Gasteiger partial charge on any atom is 0.322 e. The molecule has 0 spiro atoms. The smallest absolute Gasteiger partial charge is 0.322 e. The predicted molar refractivity (Wildman–Crippen MR) is 72.1 cm³/mol. The number of nitrogens with one attached hydrogen (secondary N) is 2. The minimum Gasteiger partial charge on any atom is -0.480 e. The van der Waals surface area contributed by atoms with Crippen molar-refractivity contribution in [1.29, 1.82) is 0 Å². The molecule has 1 heterocycles. The Hall–Kier alpha value is -1.19. The summed E-state index contributed by atoms with van der Waals surface area (Å²) in [6, 6.07) is 0. The van der Waals surface area contributed by atoms with E-state index in [9.17, 15) is 18.0 Å². The molecule has 20 heavy (non-hydrogen) atoms. The Labute approximate surface area is 118 Å². The first-order valence-corrected chi connectivity index (χ1v) is 7.88. The van der Waals surface area contributed by atoms with Crippen LogP contribution in [-0.4, -0.2) is 55.9 Å². The van der Waals surface area contributed by atoms with Crippen LogP contribution in [0.25, 0.3) is 0 Å². The van der Waals surface area contributed by atoms with Crippen LogP contribution in [0.1, 0.15) is 20.3 Å². The summed E-state index contributed by atoms with van der Waals surface area (Å²) in [5.41, 5.74) is 0.